The fourth-order valence-electron chi connectivity index (χ4n) is 3.32. The molecule has 0 saturated heterocycles. The van der Waals surface area contributed by atoms with E-state index in [9.17, 15) is 13.5 Å². The summed E-state index contributed by atoms with van der Waals surface area (Å²) in [7, 11) is -3.85. The highest BCUT2D eigenvalue weighted by Gasteiger charge is 2.27. The SMILES string of the molecule is C[C@H]1Cc2ccccc2N1C([O-])=C1C=CC=CC1=NS(=O)(=O)c1cccs1. The smallest absolute Gasteiger partial charge is 0.292 e. The lowest BCUT2D eigenvalue weighted by atomic mass is 10.1. The third kappa shape index (κ3) is 3.24. The van der Waals surface area contributed by atoms with E-state index in [1.54, 1.807) is 40.7 Å². The first-order chi connectivity index (χ1) is 13.0. The van der Waals surface area contributed by atoms with Crippen molar-refractivity contribution in [2.45, 2.75) is 23.6 Å². The van der Waals surface area contributed by atoms with Gasteiger partial charge in [0.05, 0.1) is 5.71 Å². The van der Waals surface area contributed by atoms with Crippen LogP contribution in [0, 0.1) is 0 Å². The summed E-state index contributed by atoms with van der Waals surface area (Å²) in [6.45, 7) is 1.99. The van der Waals surface area contributed by atoms with Crippen LogP contribution in [-0.2, 0) is 16.4 Å². The van der Waals surface area contributed by atoms with Gasteiger partial charge in [-0.2, -0.15) is 12.8 Å². The highest BCUT2D eigenvalue weighted by Crippen LogP contribution is 2.35. The summed E-state index contributed by atoms with van der Waals surface area (Å²) in [5, 5.41) is 15.0. The second-order valence-corrected chi connectivity index (χ2v) is 9.15. The zero-order chi connectivity index (χ0) is 19.0. The Bertz CT molecular complexity index is 1090. The zero-order valence-corrected chi connectivity index (χ0v) is 16.2. The van der Waals surface area contributed by atoms with E-state index in [1.165, 1.54) is 6.07 Å². The first kappa shape index (κ1) is 17.8. The molecule has 0 spiro atoms. The fraction of sp³-hybridized carbons (Fsp3) is 0.150. The Hall–Kier alpha value is -2.64. The molecule has 2 aromatic rings. The highest BCUT2D eigenvalue weighted by atomic mass is 32.2. The van der Waals surface area contributed by atoms with E-state index in [4.69, 9.17) is 0 Å². The highest BCUT2D eigenvalue weighted by molar-refractivity contribution is 7.92. The summed E-state index contributed by atoms with van der Waals surface area (Å²) in [5.74, 6) is -0.242. The van der Waals surface area contributed by atoms with Gasteiger partial charge < -0.3 is 10.0 Å². The molecular weight excluding hydrogens is 380 g/mol. The van der Waals surface area contributed by atoms with Crippen molar-refractivity contribution >= 4 is 32.8 Å². The number of sulfonamides is 1. The number of allylic oxidation sites excluding steroid dienone is 5. The Kier molecular flexibility index (Phi) is 4.49. The summed E-state index contributed by atoms with van der Waals surface area (Å²) < 4.78 is 29.2. The van der Waals surface area contributed by atoms with Crippen molar-refractivity contribution in [3.63, 3.8) is 0 Å². The van der Waals surface area contributed by atoms with E-state index in [0.29, 0.717) is 0 Å². The van der Waals surface area contributed by atoms with Crippen LogP contribution in [0.15, 0.2) is 86.1 Å². The Morgan fingerprint density at radius 1 is 1.19 bits per heavy atom. The average Bonchev–Trinajstić information content (AvgIpc) is 3.29. The second-order valence-electron chi connectivity index (χ2n) is 6.37. The van der Waals surface area contributed by atoms with E-state index in [0.717, 1.165) is 29.0 Å². The van der Waals surface area contributed by atoms with E-state index >= 15 is 0 Å². The molecule has 2 aliphatic rings. The molecule has 1 aliphatic carbocycles. The second kappa shape index (κ2) is 6.83. The summed E-state index contributed by atoms with van der Waals surface area (Å²) in [6.07, 6.45) is 7.36. The van der Waals surface area contributed by atoms with Crippen LogP contribution in [0.1, 0.15) is 12.5 Å². The zero-order valence-electron chi connectivity index (χ0n) is 14.6. The fourth-order valence-corrected chi connectivity index (χ4v) is 5.30. The summed E-state index contributed by atoms with van der Waals surface area (Å²) in [6, 6.07) is 10.9. The van der Waals surface area contributed by atoms with Gasteiger partial charge in [0.1, 0.15) is 4.21 Å². The molecule has 2 heterocycles. The molecule has 1 aliphatic heterocycles. The molecule has 7 heteroatoms. The van der Waals surface area contributed by atoms with Crippen molar-refractivity contribution in [3.8, 4) is 0 Å². The Morgan fingerprint density at radius 2 is 1.96 bits per heavy atom. The quantitative estimate of drug-likeness (QED) is 0.747. The van der Waals surface area contributed by atoms with Crippen LogP contribution >= 0.6 is 11.3 Å². The van der Waals surface area contributed by atoms with Gasteiger partial charge in [-0.15, -0.1) is 11.3 Å². The molecule has 0 fully saturated rings. The predicted molar refractivity (Wildman–Crippen MR) is 106 cm³/mol. The molecule has 0 N–H and O–H groups in total. The minimum absolute atomic E-state index is 0.00291. The molecule has 4 rings (SSSR count). The molecule has 0 radical (unpaired) electrons. The number of nitrogens with zero attached hydrogens (tertiary/aromatic N) is 2. The molecule has 138 valence electrons. The number of rotatable bonds is 3. The van der Waals surface area contributed by atoms with Crippen LogP contribution in [0.2, 0.25) is 0 Å². The molecule has 5 nitrogen and oxygen atoms in total. The number of anilines is 1. The lowest BCUT2D eigenvalue weighted by Gasteiger charge is -2.34. The van der Waals surface area contributed by atoms with Gasteiger partial charge in [0.15, 0.2) is 0 Å². The van der Waals surface area contributed by atoms with Gasteiger partial charge in [0.25, 0.3) is 10.0 Å². The topological polar surface area (TPSA) is 72.8 Å². The molecule has 0 unspecified atom stereocenters. The minimum atomic E-state index is -3.85. The first-order valence-electron chi connectivity index (χ1n) is 8.49. The van der Waals surface area contributed by atoms with E-state index in [1.807, 2.05) is 31.2 Å². The van der Waals surface area contributed by atoms with Crippen LogP contribution in [0.3, 0.4) is 0 Å². The van der Waals surface area contributed by atoms with Crippen molar-refractivity contribution in [2.75, 3.05) is 4.90 Å². The third-order valence-corrected chi connectivity index (χ3v) is 7.19. The third-order valence-electron chi connectivity index (χ3n) is 4.53. The first-order valence-corrected chi connectivity index (χ1v) is 10.8. The Balaban J connectivity index is 1.80. The average molecular weight is 398 g/mol. The van der Waals surface area contributed by atoms with Gasteiger partial charge in [-0.1, -0.05) is 42.5 Å². The number of thiophene rings is 1. The monoisotopic (exact) mass is 397 g/mol. The predicted octanol–water partition coefficient (Wildman–Crippen LogP) is 3.03. The minimum Gasteiger partial charge on any atom is -0.860 e. The van der Waals surface area contributed by atoms with Gasteiger partial charge >= 0.3 is 0 Å². The maximum absolute atomic E-state index is 13.3. The van der Waals surface area contributed by atoms with Crippen LogP contribution in [-0.4, -0.2) is 20.2 Å². The molecule has 1 aromatic carbocycles. The number of benzene rings is 1. The number of para-hydroxylation sites is 1. The largest absolute Gasteiger partial charge is 0.860 e. The molecule has 0 amide bonds. The van der Waals surface area contributed by atoms with Crippen LogP contribution in [0.4, 0.5) is 5.69 Å². The van der Waals surface area contributed by atoms with Crippen LogP contribution in [0.5, 0.6) is 0 Å². The van der Waals surface area contributed by atoms with Gasteiger partial charge in [0.2, 0.25) is 0 Å². The number of fused-ring (bicyclic) bond motifs is 1. The Labute approximate surface area is 162 Å². The van der Waals surface area contributed by atoms with Crippen molar-refractivity contribution in [2.24, 2.45) is 4.40 Å². The van der Waals surface area contributed by atoms with Crippen LogP contribution < -0.4 is 10.0 Å². The maximum Gasteiger partial charge on any atom is 0.292 e. The van der Waals surface area contributed by atoms with Crippen molar-refractivity contribution < 1.29 is 13.5 Å². The molecular formula is C20H17N2O3S2-. The molecule has 0 saturated carbocycles. The molecule has 1 aromatic heterocycles. The van der Waals surface area contributed by atoms with Gasteiger partial charge in [-0.25, -0.2) is 0 Å². The van der Waals surface area contributed by atoms with Crippen LogP contribution in [0.25, 0.3) is 0 Å². The van der Waals surface area contributed by atoms with Gasteiger partial charge in [-0.3, -0.25) is 0 Å². The summed E-state index contributed by atoms with van der Waals surface area (Å²) in [5.41, 5.74) is 2.42. The van der Waals surface area contributed by atoms with E-state index in [2.05, 4.69) is 4.40 Å². The number of hydrogen-bond donors (Lipinski definition) is 0. The van der Waals surface area contributed by atoms with E-state index in [-0.39, 0.29) is 27.4 Å². The summed E-state index contributed by atoms with van der Waals surface area (Å²) >= 11 is 1.10. The standard InChI is InChI=1S/C20H18N2O3S2/c1-14-13-15-7-2-5-10-18(15)22(14)20(23)16-8-3-4-9-17(16)21-27(24,25)19-11-6-12-26-19/h2-12,14,23H,13H2,1H3/p-1/t14-/m0/s1. The van der Waals surface area contributed by atoms with Gasteiger partial charge in [-0.05, 0) is 48.4 Å². The van der Waals surface area contributed by atoms with Gasteiger partial charge in [0, 0.05) is 17.3 Å². The Morgan fingerprint density at radius 3 is 2.74 bits per heavy atom. The van der Waals surface area contributed by atoms with Crippen molar-refractivity contribution in [1.29, 1.82) is 0 Å². The molecule has 27 heavy (non-hydrogen) atoms. The van der Waals surface area contributed by atoms with Crippen molar-refractivity contribution in [3.05, 3.63) is 83.1 Å². The summed E-state index contributed by atoms with van der Waals surface area (Å²) in [4.78, 5) is 1.72. The molecule has 0 bridgehead atoms. The maximum atomic E-state index is 13.3. The number of hydrogen-bond acceptors (Lipinski definition) is 5. The lowest BCUT2D eigenvalue weighted by molar-refractivity contribution is -0.306. The van der Waals surface area contributed by atoms with E-state index < -0.39 is 10.0 Å². The van der Waals surface area contributed by atoms with Crippen molar-refractivity contribution in [1.82, 2.24) is 0 Å². The lowest BCUT2D eigenvalue weighted by Crippen LogP contribution is -2.36. The molecule has 1 atom stereocenters. The normalized spacial score (nSPS) is 22.3.